The van der Waals surface area contributed by atoms with Crippen molar-refractivity contribution in [2.75, 3.05) is 11.9 Å². The van der Waals surface area contributed by atoms with Gasteiger partial charge in [-0.2, -0.15) is 0 Å². The molecule has 0 aromatic carbocycles. The van der Waals surface area contributed by atoms with E-state index >= 15 is 0 Å². The van der Waals surface area contributed by atoms with E-state index in [1.807, 2.05) is 17.5 Å². The third-order valence-corrected chi connectivity index (χ3v) is 4.63. The molecule has 2 aromatic heterocycles. The van der Waals surface area contributed by atoms with Crippen molar-refractivity contribution in [2.45, 2.75) is 45.3 Å². The third kappa shape index (κ3) is 4.29. The molecular formula is C17H23N3S. The van der Waals surface area contributed by atoms with E-state index in [1.54, 1.807) is 0 Å². The minimum absolute atomic E-state index is 0.769. The maximum Gasteiger partial charge on any atom is 0.125 e. The average Bonchev–Trinajstić information content (AvgIpc) is 3.24. The lowest BCUT2D eigenvalue weighted by atomic mass is 10.2. The molecule has 112 valence electrons. The molecule has 1 N–H and O–H groups in total. The normalized spacial score (nSPS) is 14.6. The number of pyridine rings is 1. The fourth-order valence-electron chi connectivity index (χ4n) is 2.47. The molecule has 1 fully saturated rings. The van der Waals surface area contributed by atoms with Gasteiger partial charge in [0.25, 0.3) is 0 Å². The van der Waals surface area contributed by atoms with Crippen LogP contribution in [0.15, 0.2) is 35.8 Å². The van der Waals surface area contributed by atoms with Crippen LogP contribution in [0.2, 0.25) is 0 Å². The van der Waals surface area contributed by atoms with Gasteiger partial charge in [-0.1, -0.05) is 19.1 Å². The molecule has 1 saturated carbocycles. The first kappa shape index (κ1) is 14.5. The third-order valence-electron chi connectivity index (χ3n) is 3.77. The van der Waals surface area contributed by atoms with E-state index in [9.17, 15) is 0 Å². The van der Waals surface area contributed by atoms with Crippen LogP contribution in [-0.2, 0) is 13.1 Å². The monoisotopic (exact) mass is 301 g/mol. The SMILES string of the molecule is CCCNc1ccc(CN(Cc2cccs2)C2CC2)cn1. The lowest BCUT2D eigenvalue weighted by Gasteiger charge is -2.21. The van der Waals surface area contributed by atoms with Gasteiger partial charge < -0.3 is 5.32 Å². The summed E-state index contributed by atoms with van der Waals surface area (Å²) < 4.78 is 0. The summed E-state index contributed by atoms with van der Waals surface area (Å²) in [5.41, 5.74) is 1.31. The number of hydrogen-bond acceptors (Lipinski definition) is 4. The first-order valence-corrected chi connectivity index (χ1v) is 8.68. The van der Waals surface area contributed by atoms with Crippen molar-refractivity contribution in [2.24, 2.45) is 0 Å². The molecule has 0 bridgehead atoms. The van der Waals surface area contributed by atoms with Gasteiger partial charge in [-0.3, -0.25) is 4.90 Å². The van der Waals surface area contributed by atoms with Crippen LogP contribution in [0.5, 0.6) is 0 Å². The zero-order valence-corrected chi connectivity index (χ0v) is 13.4. The van der Waals surface area contributed by atoms with Crippen LogP contribution in [0.4, 0.5) is 5.82 Å². The van der Waals surface area contributed by atoms with Gasteiger partial charge in [0.15, 0.2) is 0 Å². The molecule has 2 aromatic rings. The molecule has 0 spiro atoms. The van der Waals surface area contributed by atoms with Crippen LogP contribution < -0.4 is 5.32 Å². The quantitative estimate of drug-likeness (QED) is 0.794. The van der Waals surface area contributed by atoms with E-state index < -0.39 is 0 Å². The lowest BCUT2D eigenvalue weighted by Crippen LogP contribution is -2.24. The molecule has 2 heterocycles. The molecule has 0 aliphatic heterocycles. The highest BCUT2D eigenvalue weighted by molar-refractivity contribution is 7.09. The fourth-order valence-corrected chi connectivity index (χ4v) is 3.20. The molecule has 3 nitrogen and oxygen atoms in total. The Morgan fingerprint density at radius 1 is 1.29 bits per heavy atom. The first-order chi connectivity index (χ1) is 10.3. The summed E-state index contributed by atoms with van der Waals surface area (Å²) in [5, 5.41) is 5.49. The van der Waals surface area contributed by atoms with E-state index in [0.717, 1.165) is 37.9 Å². The molecule has 0 saturated heterocycles. The van der Waals surface area contributed by atoms with Gasteiger partial charge in [-0.25, -0.2) is 4.98 Å². The Morgan fingerprint density at radius 3 is 2.81 bits per heavy atom. The van der Waals surface area contributed by atoms with E-state index in [-0.39, 0.29) is 0 Å². The largest absolute Gasteiger partial charge is 0.370 e. The molecule has 3 rings (SSSR count). The lowest BCUT2D eigenvalue weighted by molar-refractivity contribution is 0.248. The van der Waals surface area contributed by atoms with Crippen molar-refractivity contribution < 1.29 is 0 Å². The van der Waals surface area contributed by atoms with E-state index in [4.69, 9.17) is 0 Å². The van der Waals surface area contributed by atoms with Gasteiger partial charge in [0.2, 0.25) is 0 Å². The Kier molecular flexibility index (Phi) is 4.88. The standard InChI is InChI=1S/C17H23N3S/c1-2-9-18-17-8-5-14(11-19-17)12-20(15-6-7-15)13-16-4-3-10-21-16/h3-5,8,10-11,15H,2,6-7,9,12-13H2,1H3,(H,18,19). The molecule has 0 amide bonds. The highest BCUT2D eigenvalue weighted by atomic mass is 32.1. The summed E-state index contributed by atoms with van der Waals surface area (Å²) in [6.07, 6.45) is 5.82. The molecule has 21 heavy (non-hydrogen) atoms. The summed E-state index contributed by atoms with van der Waals surface area (Å²) in [4.78, 5) is 8.55. The van der Waals surface area contributed by atoms with E-state index in [1.165, 1.54) is 23.3 Å². The number of nitrogens with zero attached hydrogens (tertiary/aromatic N) is 2. The van der Waals surface area contributed by atoms with Crippen molar-refractivity contribution >= 4 is 17.2 Å². The van der Waals surface area contributed by atoms with E-state index in [0.29, 0.717) is 0 Å². The summed E-state index contributed by atoms with van der Waals surface area (Å²) in [6, 6.07) is 9.44. The molecule has 4 heteroatoms. The Bertz CT molecular complexity index is 532. The molecule has 0 unspecified atom stereocenters. The summed E-state index contributed by atoms with van der Waals surface area (Å²) in [6.45, 7) is 5.22. The zero-order valence-electron chi connectivity index (χ0n) is 12.6. The molecule has 1 aliphatic rings. The van der Waals surface area contributed by atoms with Crippen LogP contribution >= 0.6 is 11.3 Å². The predicted octanol–water partition coefficient (Wildman–Crippen LogP) is 4.13. The molecule has 0 radical (unpaired) electrons. The number of thiophene rings is 1. The maximum absolute atomic E-state index is 4.51. The Labute approximate surface area is 131 Å². The second kappa shape index (κ2) is 7.05. The summed E-state index contributed by atoms with van der Waals surface area (Å²) in [7, 11) is 0. The molecule has 1 aliphatic carbocycles. The average molecular weight is 301 g/mol. The van der Waals surface area contributed by atoms with Crippen molar-refractivity contribution in [3.63, 3.8) is 0 Å². The highest BCUT2D eigenvalue weighted by Crippen LogP contribution is 2.30. The molecule has 0 atom stereocenters. The predicted molar refractivity (Wildman–Crippen MR) is 89.6 cm³/mol. The van der Waals surface area contributed by atoms with E-state index in [2.05, 4.69) is 51.8 Å². The van der Waals surface area contributed by atoms with Crippen LogP contribution in [0, 0.1) is 0 Å². The maximum atomic E-state index is 4.51. The van der Waals surface area contributed by atoms with Crippen LogP contribution in [-0.4, -0.2) is 22.5 Å². The summed E-state index contributed by atoms with van der Waals surface area (Å²) >= 11 is 1.85. The van der Waals surface area contributed by atoms with Crippen LogP contribution in [0.3, 0.4) is 0 Å². The number of anilines is 1. The minimum atomic E-state index is 0.769. The smallest absolute Gasteiger partial charge is 0.125 e. The van der Waals surface area contributed by atoms with Gasteiger partial charge in [-0.05, 0) is 42.3 Å². The Hall–Kier alpha value is -1.39. The highest BCUT2D eigenvalue weighted by Gasteiger charge is 2.29. The fraction of sp³-hybridized carbons (Fsp3) is 0.471. The number of aromatic nitrogens is 1. The van der Waals surface area contributed by atoms with Crippen molar-refractivity contribution in [1.82, 2.24) is 9.88 Å². The summed E-state index contributed by atoms with van der Waals surface area (Å²) in [5.74, 6) is 0.983. The van der Waals surface area contributed by atoms with Gasteiger partial charge in [0, 0.05) is 36.8 Å². The van der Waals surface area contributed by atoms with Crippen molar-refractivity contribution in [1.29, 1.82) is 0 Å². The van der Waals surface area contributed by atoms with Gasteiger partial charge in [0.05, 0.1) is 0 Å². The topological polar surface area (TPSA) is 28.2 Å². The first-order valence-electron chi connectivity index (χ1n) is 7.80. The molecular weight excluding hydrogens is 278 g/mol. The van der Waals surface area contributed by atoms with Gasteiger partial charge in [-0.15, -0.1) is 11.3 Å². The zero-order chi connectivity index (χ0) is 14.5. The van der Waals surface area contributed by atoms with Gasteiger partial charge >= 0.3 is 0 Å². The second-order valence-corrected chi connectivity index (χ2v) is 6.73. The number of rotatable bonds is 8. The number of nitrogens with one attached hydrogen (secondary N) is 1. The Balaban J connectivity index is 1.60. The Morgan fingerprint density at radius 2 is 2.19 bits per heavy atom. The second-order valence-electron chi connectivity index (χ2n) is 5.69. The minimum Gasteiger partial charge on any atom is -0.370 e. The van der Waals surface area contributed by atoms with Gasteiger partial charge in [0.1, 0.15) is 5.82 Å². The number of hydrogen-bond donors (Lipinski definition) is 1. The van der Waals surface area contributed by atoms with Crippen LogP contribution in [0.1, 0.15) is 36.6 Å². The van der Waals surface area contributed by atoms with Crippen molar-refractivity contribution in [3.8, 4) is 0 Å². The van der Waals surface area contributed by atoms with Crippen LogP contribution in [0.25, 0.3) is 0 Å². The van der Waals surface area contributed by atoms with Crippen molar-refractivity contribution in [3.05, 3.63) is 46.3 Å².